The Morgan fingerprint density at radius 1 is 1.56 bits per heavy atom. The number of anilines is 2. The van der Waals surface area contributed by atoms with Gasteiger partial charge in [-0.1, -0.05) is 0 Å². The summed E-state index contributed by atoms with van der Waals surface area (Å²) in [5.74, 6) is 0. The molecule has 1 saturated heterocycles. The summed E-state index contributed by atoms with van der Waals surface area (Å²) in [6.45, 7) is 1.23. The molecule has 16 heavy (non-hydrogen) atoms. The van der Waals surface area contributed by atoms with E-state index >= 15 is 0 Å². The number of hydrogen-bond acceptors (Lipinski definition) is 5. The zero-order chi connectivity index (χ0) is 11.7. The molecule has 0 spiro atoms. The van der Waals surface area contributed by atoms with E-state index in [1.54, 1.807) is 6.07 Å². The molecule has 0 saturated carbocycles. The molecule has 86 valence electrons. The highest BCUT2D eigenvalue weighted by molar-refractivity contribution is 5.66. The van der Waals surface area contributed by atoms with Gasteiger partial charge in [0.25, 0.3) is 5.69 Å². The molecule has 0 radical (unpaired) electrons. The summed E-state index contributed by atoms with van der Waals surface area (Å²) in [5, 5.41) is 20.1. The van der Waals surface area contributed by atoms with Crippen LogP contribution in [0.4, 0.5) is 17.1 Å². The summed E-state index contributed by atoms with van der Waals surface area (Å²) < 4.78 is 0. The Balaban J connectivity index is 2.29. The number of nitrogens with zero attached hydrogens (tertiary/aromatic N) is 2. The predicted octanol–water partition coefficient (Wildman–Crippen LogP) is 0.748. The molecule has 0 bridgehead atoms. The second-order valence-corrected chi connectivity index (χ2v) is 3.89. The molecule has 1 aliphatic rings. The van der Waals surface area contributed by atoms with Gasteiger partial charge in [-0.05, 0) is 18.6 Å². The van der Waals surface area contributed by atoms with Crippen molar-refractivity contribution in [3.05, 3.63) is 28.3 Å². The van der Waals surface area contributed by atoms with Crippen molar-refractivity contribution in [2.75, 3.05) is 23.7 Å². The van der Waals surface area contributed by atoms with Gasteiger partial charge in [0.2, 0.25) is 0 Å². The van der Waals surface area contributed by atoms with Crippen molar-refractivity contribution >= 4 is 17.1 Å². The van der Waals surface area contributed by atoms with Crippen molar-refractivity contribution in [2.24, 2.45) is 0 Å². The van der Waals surface area contributed by atoms with Gasteiger partial charge < -0.3 is 15.7 Å². The third-order valence-corrected chi connectivity index (χ3v) is 2.74. The summed E-state index contributed by atoms with van der Waals surface area (Å²) in [6.07, 6.45) is 0.342. The molecule has 6 heteroatoms. The van der Waals surface area contributed by atoms with Crippen LogP contribution in [-0.2, 0) is 0 Å². The van der Waals surface area contributed by atoms with Gasteiger partial charge in [0.05, 0.1) is 11.0 Å². The van der Waals surface area contributed by atoms with E-state index in [1.165, 1.54) is 12.1 Å². The standard InChI is InChI=1S/C10H13N3O3/c11-9-2-1-7(5-10(9)13(15)16)12-4-3-8(14)6-12/h1-2,5,8,14H,3-4,6,11H2/t8-/m0/s1. The lowest BCUT2D eigenvalue weighted by Crippen LogP contribution is -2.21. The highest BCUT2D eigenvalue weighted by Gasteiger charge is 2.22. The van der Waals surface area contributed by atoms with Crippen LogP contribution in [0.15, 0.2) is 18.2 Å². The highest BCUT2D eigenvalue weighted by Crippen LogP contribution is 2.29. The summed E-state index contributed by atoms with van der Waals surface area (Å²) in [7, 11) is 0. The Kier molecular flexibility index (Phi) is 2.66. The minimum absolute atomic E-state index is 0.0844. The molecule has 0 amide bonds. The third-order valence-electron chi connectivity index (χ3n) is 2.74. The van der Waals surface area contributed by atoms with Gasteiger partial charge in [-0.3, -0.25) is 10.1 Å². The Morgan fingerprint density at radius 2 is 2.31 bits per heavy atom. The highest BCUT2D eigenvalue weighted by atomic mass is 16.6. The molecule has 1 fully saturated rings. The number of aliphatic hydroxyl groups excluding tert-OH is 1. The summed E-state index contributed by atoms with van der Waals surface area (Å²) in [5.41, 5.74) is 6.32. The number of nitro benzene ring substituents is 1. The summed E-state index contributed by atoms with van der Waals surface area (Å²) >= 11 is 0. The van der Waals surface area contributed by atoms with E-state index < -0.39 is 4.92 Å². The molecule has 2 rings (SSSR count). The predicted molar refractivity (Wildman–Crippen MR) is 60.3 cm³/mol. The third kappa shape index (κ3) is 1.92. The maximum Gasteiger partial charge on any atom is 0.294 e. The Hall–Kier alpha value is -1.82. The zero-order valence-corrected chi connectivity index (χ0v) is 8.67. The van der Waals surface area contributed by atoms with Crippen LogP contribution in [0.3, 0.4) is 0 Å². The number of benzene rings is 1. The molecule has 0 aliphatic carbocycles. The van der Waals surface area contributed by atoms with E-state index in [9.17, 15) is 15.2 Å². The fourth-order valence-corrected chi connectivity index (χ4v) is 1.86. The van der Waals surface area contributed by atoms with E-state index in [0.717, 1.165) is 5.69 Å². The molecule has 3 N–H and O–H groups in total. The second-order valence-electron chi connectivity index (χ2n) is 3.89. The monoisotopic (exact) mass is 223 g/mol. The quantitative estimate of drug-likeness (QED) is 0.438. The molecule has 1 aromatic rings. The SMILES string of the molecule is Nc1ccc(N2CC[C@H](O)C2)cc1[N+](=O)[O-]. The van der Waals surface area contributed by atoms with Gasteiger partial charge in [-0.15, -0.1) is 0 Å². The molecular weight excluding hydrogens is 210 g/mol. The zero-order valence-electron chi connectivity index (χ0n) is 8.67. The van der Waals surface area contributed by atoms with Gasteiger partial charge in [0, 0.05) is 24.8 Å². The molecule has 1 atom stereocenters. The van der Waals surface area contributed by atoms with E-state index in [2.05, 4.69) is 0 Å². The average molecular weight is 223 g/mol. The average Bonchev–Trinajstić information content (AvgIpc) is 2.65. The second kappa shape index (κ2) is 3.97. The van der Waals surface area contributed by atoms with Crippen LogP contribution in [0.5, 0.6) is 0 Å². The number of nitrogen functional groups attached to an aromatic ring is 1. The van der Waals surface area contributed by atoms with Crippen LogP contribution in [-0.4, -0.2) is 29.2 Å². The molecule has 1 aliphatic heterocycles. The maximum atomic E-state index is 10.7. The van der Waals surface area contributed by atoms with Gasteiger partial charge in [0.1, 0.15) is 5.69 Å². The van der Waals surface area contributed by atoms with Crippen LogP contribution in [0.25, 0.3) is 0 Å². The van der Waals surface area contributed by atoms with E-state index in [0.29, 0.717) is 19.5 Å². The number of nitrogens with two attached hydrogens (primary N) is 1. The summed E-state index contributed by atoms with van der Waals surface area (Å²) in [6, 6.07) is 4.71. The lowest BCUT2D eigenvalue weighted by molar-refractivity contribution is -0.383. The van der Waals surface area contributed by atoms with Gasteiger partial charge in [-0.2, -0.15) is 0 Å². The molecule has 6 nitrogen and oxygen atoms in total. The molecule has 1 aromatic carbocycles. The van der Waals surface area contributed by atoms with Crippen molar-refractivity contribution in [2.45, 2.75) is 12.5 Å². The lowest BCUT2D eigenvalue weighted by atomic mass is 10.2. The normalized spacial score (nSPS) is 20.1. The molecular formula is C10H13N3O3. The largest absolute Gasteiger partial charge is 0.393 e. The Labute approximate surface area is 92.4 Å². The first-order chi connectivity index (χ1) is 7.58. The Bertz CT molecular complexity index is 422. The minimum Gasteiger partial charge on any atom is -0.393 e. The fourth-order valence-electron chi connectivity index (χ4n) is 1.86. The van der Waals surface area contributed by atoms with Crippen molar-refractivity contribution in [3.8, 4) is 0 Å². The van der Waals surface area contributed by atoms with E-state index in [4.69, 9.17) is 5.73 Å². The number of β-amino-alcohol motifs (C(OH)–C–C–N with tert-alkyl or cyclic N) is 1. The Morgan fingerprint density at radius 3 is 2.88 bits per heavy atom. The van der Waals surface area contributed by atoms with E-state index in [1.807, 2.05) is 4.90 Å². The van der Waals surface area contributed by atoms with Crippen LogP contribution >= 0.6 is 0 Å². The molecule has 1 heterocycles. The van der Waals surface area contributed by atoms with Crippen molar-refractivity contribution < 1.29 is 10.0 Å². The lowest BCUT2D eigenvalue weighted by Gasteiger charge is -2.17. The van der Waals surface area contributed by atoms with Crippen molar-refractivity contribution in [1.29, 1.82) is 0 Å². The van der Waals surface area contributed by atoms with Crippen molar-refractivity contribution in [1.82, 2.24) is 0 Å². The van der Waals surface area contributed by atoms with E-state index in [-0.39, 0.29) is 17.5 Å². The van der Waals surface area contributed by atoms with Crippen LogP contribution in [0.1, 0.15) is 6.42 Å². The number of aliphatic hydroxyl groups is 1. The molecule has 0 aromatic heterocycles. The van der Waals surface area contributed by atoms with Crippen LogP contribution in [0, 0.1) is 10.1 Å². The topological polar surface area (TPSA) is 92.6 Å². The van der Waals surface area contributed by atoms with Crippen molar-refractivity contribution in [3.63, 3.8) is 0 Å². The number of rotatable bonds is 2. The maximum absolute atomic E-state index is 10.7. The van der Waals surface area contributed by atoms with Gasteiger partial charge in [-0.25, -0.2) is 0 Å². The minimum atomic E-state index is -0.495. The fraction of sp³-hybridized carbons (Fsp3) is 0.400. The van der Waals surface area contributed by atoms with Crippen LogP contribution < -0.4 is 10.6 Å². The molecule has 0 unspecified atom stereocenters. The first kappa shape index (κ1) is 10.7. The first-order valence-corrected chi connectivity index (χ1v) is 5.05. The van der Waals surface area contributed by atoms with Crippen LogP contribution in [0.2, 0.25) is 0 Å². The number of nitro groups is 1. The van der Waals surface area contributed by atoms with Gasteiger partial charge >= 0.3 is 0 Å². The smallest absolute Gasteiger partial charge is 0.294 e. The summed E-state index contributed by atoms with van der Waals surface area (Å²) in [4.78, 5) is 12.1. The first-order valence-electron chi connectivity index (χ1n) is 5.05. The number of hydrogen-bond donors (Lipinski definition) is 2. The van der Waals surface area contributed by atoms with Gasteiger partial charge in [0.15, 0.2) is 0 Å².